The Balaban J connectivity index is 2.01. The first-order valence-corrected chi connectivity index (χ1v) is 6.14. The first kappa shape index (κ1) is 14.0. The molecule has 0 amide bonds. The number of hydrogen-bond donors (Lipinski definition) is 0. The maximum Gasteiger partial charge on any atom is 0.390 e. The zero-order chi connectivity index (χ0) is 14.5. The van der Waals surface area contributed by atoms with E-state index in [1.165, 1.54) is 10.7 Å². The van der Waals surface area contributed by atoms with Crippen LogP contribution in [0.1, 0.15) is 0 Å². The van der Waals surface area contributed by atoms with Crippen molar-refractivity contribution in [3.63, 3.8) is 0 Å². The second-order valence-corrected chi connectivity index (χ2v) is 4.52. The van der Waals surface area contributed by atoms with Gasteiger partial charge in [-0.1, -0.05) is 0 Å². The van der Waals surface area contributed by atoms with Crippen LogP contribution in [0.4, 0.5) is 5.82 Å². The van der Waals surface area contributed by atoms with Crippen molar-refractivity contribution in [3.8, 4) is 11.4 Å². The number of benzene rings is 1. The fraction of sp³-hybridized carbons (Fsp3) is 0.308. The van der Waals surface area contributed by atoms with Crippen LogP contribution in [-0.4, -0.2) is 46.9 Å². The lowest BCUT2D eigenvalue weighted by molar-refractivity contribution is -0.389. The summed E-state index contributed by atoms with van der Waals surface area (Å²) >= 11 is 0. The second kappa shape index (κ2) is 6.16. The van der Waals surface area contributed by atoms with Crippen LogP contribution in [0.5, 0.6) is 5.75 Å². The van der Waals surface area contributed by atoms with Crippen LogP contribution in [0.2, 0.25) is 0 Å². The molecule has 0 atom stereocenters. The number of likely N-dealkylation sites (N-methyl/N-ethyl adjacent to an activating group) is 1. The van der Waals surface area contributed by atoms with E-state index in [1.54, 1.807) is 6.20 Å². The van der Waals surface area contributed by atoms with E-state index in [1.807, 2.05) is 43.3 Å². The van der Waals surface area contributed by atoms with Crippen LogP contribution in [0.25, 0.3) is 5.69 Å². The molecular weight excluding hydrogens is 260 g/mol. The zero-order valence-corrected chi connectivity index (χ0v) is 11.4. The summed E-state index contributed by atoms with van der Waals surface area (Å²) in [6.45, 7) is 1.45. The first-order valence-electron chi connectivity index (χ1n) is 6.14. The predicted octanol–water partition coefficient (Wildman–Crippen LogP) is 1.72. The van der Waals surface area contributed by atoms with E-state index in [9.17, 15) is 10.1 Å². The molecule has 0 spiro atoms. The highest BCUT2D eigenvalue weighted by molar-refractivity contribution is 5.37. The SMILES string of the molecule is CN(C)CCOc1ccc(-n2ccc([N+](=O)[O-])n2)cc1. The number of hydrogen-bond acceptors (Lipinski definition) is 5. The van der Waals surface area contributed by atoms with E-state index in [0.717, 1.165) is 18.0 Å². The average Bonchev–Trinajstić information content (AvgIpc) is 2.89. The molecule has 2 rings (SSSR count). The van der Waals surface area contributed by atoms with Gasteiger partial charge >= 0.3 is 5.82 Å². The van der Waals surface area contributed by atoms with Gasteiger partial charge in [0.25, 0.3) is 0 Å². The number of nitrogens with zero attached hydrogens (tertiary/aromatic N) is 4. The zero-order valence-electron chi connectivity index (χ0n) is 11.4. The Morgan fingerprint density at radius 1 is 1.30 bits per heavy atom. The minimum Gasteiger partial charge on any atom is -0.492 e. The Morgan fingerprint density at radius 3 is 2.55 bits per heavy atom. The van der Waals surface area contributed by atoms with Crippen molar-refractivity contribution in [1.82, 2.24) is 14.7 Å². The minimum atomic E-state index is -0.519. The molecular formula is C13H16N4O3. The molecule has 0 bridgehead atoms. The summed E-state index contributed by atoms with van der Waals surface area (Å²) in [5.41, 5.74) is 0.748. The van der Waals surface area contributed by atoms with Crippen LogP contribution >= 0.6 is 0 Å². The van der Waals surface area contributed by atoms with Gasteiger partial charge in [0.15, 0.2) is 0 Å². The third-order valence-corrected chi connectivity index (χ3v) is 2.67. The van der Waals surface area contributed by atoms with Crippen molar-refractivity contribution < 1.29 is 9.66 Å². The molecule has 0 radical (unpaired) electrons. The Morgan fingerprint density at radius 2 is 2.00 bits per heavy atom. The van der Waals surface area contributed by atoms with Gasteiger partial charge in [-0.2, -0.15) is 0 Å². The molecule has 7 heteroatoms. The van der Waals surface area contributed by atoms with Gasteiger partial charge < -0.3 is 19.8 Å². The normalized spacial score (nSPS) is 10.8. The Labute approximate surface area is 116 Å². The van der Waals surface area contributed by atoms with Crippen LogP contribution in [0, 0.1) is 10.1 Å². The van der Waals surface area contributed by atoms with Gasteiger partial charge in [0.2, 0.25) is 0 Å². The van der Waals surface area contributed by atoms with Gasteiger partial charge in [-0.25, -0.2) is 0 Å². The van der Waals surface area contributed by atoms with Crippen molar-refractivity contribution in [2.45, 2.75) is 0 Å². The predicted molar refractivity (Wildman–Crippen MR) is 74.3 cm³/mol. The van der Waals surface area contributed by atoms with Crippen molar-refractivity contribution in [3.05, 3.63) is 46.6 Å². The highest BCUT2D eigenvalue weighted by Gasteiger charge is 2.11. The van der Waals surface area contributed by atoms with E-state index in [2.05, 4.69) is 5.10 Å². The molecule has 1 heterocycles. The summed E-state index contributed by atoms with van der Waals surface area (Å²) in [6.07, 6.45) is 1.56. The monoisotopic (exact) mass is 276 g/mol. The van der Waals surface area contributed by atoms with Crippen molar-refractivity contribution >= 4 is 5.82 Å². The number of ether oxygens (including phenoxy) is 1. The summed E-state index contributed by atoms with van der Waals surface area (Å²) in [5.74, 6) is 0.591. The van der Waals surface area contributed by atoms with Crippen molar-refractivity contribution in [2.24, 2.45) is 0 Å². The van der Waals surface area contributed by atoms with E-state index >= 15 is 0 Å². The fourth-order valence-corrected chi connectivity index (χ4v) is 1.60. The molecule has 0 N–H and O–H groups in total. The number of rotatable bonds is 6. The maximum atomic E-state index is 10.6. The average molecular weight is 276 g/mol. The molecule has 0 aliphatic heterocycles. The highest BCUT2D eigenvalue weighted by Crippen LogP contribution is 2.16. The molecule has 106 valence electrons. The summed E-state index contributed by atoms with van der Waals surface area (Å²) < 4.78 is 7.03. The summed E-state index contributed by atoms with van der Waals surface area (Å²) in [5, 5.41) is 14.4. The standard InChI is InChI=1S/C13H16N4O3/c1-15(2)9-10-20-12-5-3-11(4-6-12)16-8-7-13(14-16)17(18)19/h3-8H,9-10H2,1-2H3. The summed E-state index contributed by atoms with van der Waals surface area (Å²) in [7, 11) is 3.97. The van der Waals surface area contributed by atoms with E-state index in [4.69, 9.17) is 4.74 Å². The Kier molecular flexibility index (Phi) is 4.31. The molecule has 0 saturated heterocycles. The molecule has 0 aliphatic rings. The van der Waals surface area contributed by atoms with E-state index < -0.39 is 4.92 Å². The van der Waals surface area contributed by atoms with Gasteiger partial charge in [-0.3, -0.25) is 0 Å². The quantitative estimate of drug-likeness (QED) is 0.593. The summed E-state index contributed by atoms with van der Waals surface area (Å²) in [6, 6.07) is 8.61. The molecule has 0 aliphatic carbocycles. The van der Waals surface area contributed by atoms with Gasteiger partial charge in [0.1, 0.15) is 12.4 Å². The molecule has 2 aromatic rings. The van der Waals surface area contributed by atoms with Crippen LogP contribution in [-0.2, 0) is 0 Å². The topological polar surface area (TPSA) is 73.4 Å². The van der Waals surface area contributed by atoms with Crippen molar-refractivity contribution in [1.29, 1.82) is 0 Å². The summed E-state index contributed by atoms with van der Waals surface area (Å²) in [4.78, 5) is 12.1. The molecule has 1 aromatic heterocycles. The lowest BCUT2D eigenvalue weighted by Crippen LogP contribution is -2.19. The molecule has 7 nitrogen and oxygen atoms in total. The van der Waals surface area contributed by atoms with Gasteiger partial charge in [-0.05, 0) is 43.3 Å². The van der Waals surface area contributed by atoms with E-state index in [0.29, 0.717) is 6.61 Å². The minimum absolute atomic E-state index is 0.170. The van der Waals surface area contributed by atoms with Gasteiger partial charge in [0.05, 0.1) is 23.0 Å². The highest BCUT2D eigenvalue weighted by atomic mass is 16.6. The number of aromatic nitrogens is 2. The largest absolute Gasteiger partial charge is 0.492 e. The fourth-order valence-electron chi connectivity index (χ4n) is 1.60. The second-order valence-electron chi connectivity index (χ2n) is 4.52. The van der Waals surface area contributed by atoms with Gasteiger partial charge in [-0.15, -0.1) is 4.68 Å². The third-order valence-electron chi connectivity index (χ3n) is 2.67. The first-order chi connectivity index (χ1) is 9.56. The molecule has 0 fully saturated rings. The van der Waals surface area contributed by atoms with E-state index in [-0.39, 0.29) is 5.82 Å². The maximum absolute atomic E-state index is 10.6. The lowest BCUT2D eigenvalue weighted by Gasteiger charge is -2.10. The molecule has 0 saturated carbocycles. The number of nitro groups is 1. The lowest BCUT2D eigenvalue weighted by atomic mass is 10.3. The molecule has 1 aromatic carbocycles. The Hall–Kier alpha value is -2.41. The van der Waals surface area contributed by atoms with Gasteiger partial charge in [0, 0.05) is 6.54 Å². The van der Waals surface area contributed by atoms with Crippen LogP contribution < -0.4 is 4.74 Å². The smallest absolute Gasteiger partial charge is 0.390 e. The Bertz CT molecular complexity index is 578. The van der Waals surface area contributed by atoms with Crippen LogP contribution in [0.3, 0.4) is 0 Å². The molecule has 20 heavy (non-hydrogen) atoms. The molecule has 0 unspecified atom stereocenters. The van der Waals surface area contributed by atoms with Crippen molar-refractivity contribution in [2.75, 3.05) is 27.2 Å². The van der Waals surface area contributed by atoms with Crippen LogP contribution in [0.15, 0.2) is 36.5 Å². The third kappa shape index (κ3) is 3.55.